The summed E-state index contributed by atoms with van der Waals surface area (Å²) in [5.41, 5.74) is 4.57. The molecule has 0 bridgehead atoms. The van der Waals surface area contributed by atoms with Crippen LogP contribution in [0.2, 0.25) is 0 Å². The number of piperidine rings is 1. The van der Waals surface area contributed by atoms with Crippen LogP contribution in [0.1, 0.15) is 47.0 Å². The van der Waals surface area contributed by atoms with E-state index >= 15 is 0 Å². The van der Waals surface area contributed by atoms with E-state index in [0.717, 1.165) is 68.1 Å². The van der Waals surface area contributed by atoms with Gasteiger partial charge in [0.2, 0.25) is 5.91 Å². The summed E-state index contributed by atoms with van der Waals surface area (Å²) in [6.45, 7) is 5.56. The molecule has 0 unspecified atom stereocenters. The quantitative estimate of drug-likeness (QED) is 0.798. The van der Waals surface area contributed by atoms with Gasteiger partial charge in [-0.3, -0.25) is 4.79 Å². The molecule has 2 aliphatic rings. The van der Waals surface area contributed by atoms with Gasteiger partial charge < -0.3 is 14.5 Å². The fraction of sp³-hybridized carbons (Fsp3) is 0.522. The third-order valence-corrected chi connectivity index (χ3v) is 6.17. The van der Waals surface area contributed by atoms with Gasteiger partial charge in [-0.25, -0.2) is 9.97 Å². The highest BCUT2D eigenvalue weighted by Crippen LogP contribution is 2.27. The van der Waals surface area contributed by atoms with Crippen LogP contribution < -0.4 is 4.74 Å². The summed E-state index contributed by atoms with van der Waals surface area (Å²) in [5, 5.41) is 0. The predicted molar refractivity (Wildman–Crippen MR) is 112 cm³/mol. The third kappa shape index (κ3) is 4.42. The zero-order valence-corrected chi connectivity index (χ0v) is 17.6. The van der Waals surface area contributed by atoms with Gasteiger partial charge in [-0.1, -0.05) is 12.1 Å². The molecular formula is C23H30N4O2. The van der Waals surface area contributed by atoms with E-state index in [2.05, 4.69) is 16.9 Å². The summed E-state index contributed by atoms with van der Waals surface area (Å²) in [4.78, 5) is 26.6. The normalized spacial score (nSPS) is 17.8. The number of likely N-dealkylation sites (tertiary alicyclic amines) is 1. The van der Waals surface area contributed by atoms with E-state index in [0.29, 0.717) is 12.3 Å². The molecule has 4 rings (SSSR count). The molecule has 1 amide bonds. The standard InChI is InChI=1S/C23H30N4O2/c1-16-12-17(4-5-21(16)29-3)13-22(28)27-10-6-18(7-11-27)23-24-14-19-15-26(2)9-8-20(19)25-23/h4-5,12,14,18H,6-11,13,15H2,1-3H3. The summed E-state index contributed by atoms with van der Waals surface area (Å²) in [5.74, 6) is 2.37. The largest absolute Gasteiger partial charge is 0.496 e. The lowest BCUT2D eigenvalue weighted by Crippen LogP contribution is -2.39. The minimum absolute atomic E-state index is 0.197. The van der Waals surface area contributed by atoms with Crippen LogP contribution in [0.25, 0.3) is 0 Å². The number of ether oxygens (including phenoxy) is 1. The molecule has 2 aromatic rings. The molecule has 2 aliphatic heterocycles. The molecule has 0 N–H and O–H groups in total. The first kappa shape index (κ1) is 19.8. The van der Waals surface area contributed by atoms with Gasteiger partial charge in [0.25, 0.3) is 0 Å². The van der Waals surface area contributed by atoms with E-state index < -0.39 is 0 Å². The fourth-order valence-electron chi connectivity index (χ4n) is 4.39. The van der Waals surface area contributed by atoms with E-state index in [4.69, 9.17) is 9.72 Å². The fourth-order valence-corrected chi connectivity index (χ4v) is 4.39. The molecule has 3 heterocycles. The molecule has 1 saturated heterocycles. The van der Waals surface area contributed by atoms with Crippen LogP contribution in [0, 0.1) is 6.92 Å². The predicted octanol–water partition coefficient (Wildman–Crippen LogP) is 2.73. The number of hydrogen-bond acceptors (Lipinski definition) is 5. The van der Waals surface area contributed by atoms with E-state index in [9.17, 15) is 4.79 Å². The van der Waals surface area contributed by atoms with Crippen LogP contribution in [0.4, 0.5) is 0 Å². The van der Waals surface area contributed by atoms with Crippen molar-refractivity contribution in [3.8, 4) is 5.75 Å². The number of aryl methyl sites for hydroxylation is 1. The summed E-state index contributed by atoms with van der Waals surface area (Å²) in [6, 6.07) is 5.96. The summed E-state index contributed by atoms with van der Waals surface area (Å²) >= 11 is 0. The lowest BCUT2D eigenvalue weighted by atomic mass is 9.94. The first-order valence-electron chi connectivity index (χ1n) is 10.5. The molecular weight excluding hydrogens is 364 g/mol. The highest BCUT2D eigenvalue weighted by atomic mass is 16.5. The Morgan fingerprint density at radius 2 is 2.03 bits per heavy atom. The molecule has 6 nitrogen and oxygen atoms in total. The van der Waals surface area contributed by atoms with Crippen molar-refractivity contribution in [3.63, 3.8) is 0 Å². The van der Waals surface area contributed by atoms with Crippen molar-refractivity contribution in [2.75, 3.05) is 33.8 Å². The Morgan fingerprint density at radius 1 is 1.24 bits per heavy atom. The maximum absolute atomic E-state index is 12.8. The first-order valence-corrected chi connectivity index (χ1v) is 10.5. The van der Waals surface area contributed by atoms with Crippen LogP contribution in [0.15, 0.2) is 24.4 Å². The zero-order valence-electron chi connectivity index (χ0n) is 17.6. The van der Waals surface area contributed by atoms with Gasteiger partial charge in [-0.05, 0) is 44.0 Å². The molecule has 6 heteroatoms. The van der Waals surface area contributed by atoms with Crippen molar-refractivity contribution >= 4 is 5.91 Å². The monoisotopic (exact) mass is 394 g/mol. The van der Waals surface area contributed by atoms with Crippen LogP contribution >= 0.6 is 0 Å². The van der Waals surface area contributed by atoms with E-state index in [1.54, 1.807) is 7.11 Å². The topological polar surface area (TPSA) is 58.6 Å². The van der Waals surface area contributed by atoms with Crippen molar-refractivity contribution in [2.45, 2.75) is 45.1 Å². The number of hydrogen-bond donors (Lipinski definition) is 0. The lowest BCUT2D eigenvalue weighted by Gasteiger charge is -2.32. The van der Waals surface area contributed by atoms with Crippen molar-refractivity contribution < 1.29 is 9.53 Å². The highest BCUT2D eigenvalue weighted by molar-refractivity contribution is 5.79. The molecule has 1 aromatic carbocycles. The van der Waals surface area contributed by atoms with Gasteiger partial charge in [0.05, 0.1) is 13.5 Å². The second-order valence-electron chi connectivity index (χ2n) is 8.32. The molecule has 0 aliphatic carbocycles. The summed E-state index contributed by atoms with van der Waals surface area (Å²) in [7, 11) is 3.80. The molecule has 29 heavy (non-hydrogen) atoms. The number of rotatable bonds is 4. The molecule has 1 aromatic heterocycles. The van der Waals surface area contributed by atoms with Gasteiger partial charge in [-0.2, -0.15) is 0 Å². The second-order valence-corrected chi connectivity index (χ2v) is 8.32. The molecule has 0 radical (unpaired) electrons. The van der Waals surface area contributed by atoms with Crippen molar-refractivity contribution in [1.82, 2.24) is 19.8 Å². The molecule has 0 spiro atoms. The zero-order chi connectivity index (χ0) is 20.4. The number of carbonyl (C=O) groups is 1. The highest BCUT2D eigenvalue weighted by Gasteiger charge is 2.26. The van der Waals surface area contributed by atoms with Gasteiger partial charge in [0.1, 0.15) is 11.6 Å². The Hall–Kier alpha value is -2.47. The van der Waals surface area contributed by atoms with Crippen LogP contribution in [0.5, 0.6) is 5.75 Å². The van der Waals surface area contributed by atoms with E-state index in [1.807, 2.05) is 36.2 Å². The van der Waals surface area contributed by atoms with Crippen molar-refractivity contribution in [2.24, 2.45) is 0 Å². The van der Waals surface area contributed by atoms with Crippen molar-refractivity contribution in [1.29, 1.82) is 0 Å². The van der Waals surface area contributed by atoms with Crippen LogP contribution in [0.3, 0.4) is 0 Å². The number of benzene rings is 1. The second kappa shape index (κ2) is 8.49. The average molecular weight is 395 g/mol. The molecule has 154 valence electrons. The number of fused-ring (bicyclic) bond motifs is 1. The Morgan fingerprint density at radius 3 is 2.76 bits per heavy atom. The molecule has 0 saturated carbocycles. The Balaban J connectivity index is 1.34. The number of methoxy groups -OCH3 is 1. The number of likely N-dealkylation sites (N-methyl/N-ethyl adjacent to an activating group) is 1. The number of carbonyl (C=O) groups excluding carboxylic acids is 1. The molecule has 0 atom stereocenters. The van der Waals surface area contributed by atoms with Gasteiger partial charge >= 0.3 is 0 Å². The summed E-state index contributed by atoms with van der Waals surface area (Å²) in [6.07, 6.45) is 5.33. The SMILES string of the molecule is COc1ccc(CC(=O)N2CCC(c3ncc4c(n3)CCN(C)C4)CC2)cc1C. The maximum Gasteiger partial charge on any atom is 0.226 e. The van der Waals surface area contributed by atoms with E-state index in [1.165, 1.54) is 11.3 Å². The smallest absolute Gasteiger partial charge is 0.226 e. The van der Waals surface area contributed by atoms with Crippen LogP contribution in [-0.4, -0.2) is 59.5 Å². The first-order chi connectivity index (χ1) is 14.0. The number of aromatic nitrogens is 2. The average Bonchev–Trinajstić information content (AvgIpc) is 2.73. The van der Waals surface area contributed by atoms with Crippen LogP contribution in [-0.2, 0) is 24.2 Å². The number of amides is 1. The Kier molecular flexibility index (Phi) is 5.81. The van der Waals surface area contributed by atoms with E-state index in [-0.39, 0.29) is 5.91 Å². The maximum atomic E-state index is 12.8. The minimum atomic E-state index is 0.197. The van der Waals surface area contributed by atoms with Gasteiger partial charge in [-0.15, -0.1) is 0 Å². The van der Waals surface area contributed by atoms with Gasteiger partial charge in [0.15, 0.2) is 0 Å². The lowest BCUT2D eigenvalue weighted by molar-refractivity contribution is -0.131. The number of nitrogens with zero attached hydrogens (tertiary/aromatic N) is 4. The van der Waals surface area contributed by atoms with Crippen molar-refractivity contribution in [3.05, 3.63) is 52.6 Å². The summed E-state index contributed by atoms with van der Waals surface area (Å²) < 4.78 is 5.31. The Bertz CT molecular complexity index is 890. The minimum Gasteiger partial charge on any atom is -0.496 e. The third-order valence-electron chi connectivity index (χ3n) is 6.17. The Labute approximate surface area is 172 Å². The molecule has 1 fully saturated rings. The van der Waals surface area contributed by atoms with Gasteiger partial charge in [0, 0.05) is 56.0 Å².